The fourth-order valence-corrected chi connectivity index (χ4v) is 2.52. The number of nitrogens with zero attached hydrogens (tertiary/aromatic N) is 4. The van der Waals surface area contributed by atoms with Gasteiger partial charge in [-0.15, -0.1) is 0 Å². The van der Waals surface area contributed by atoms with Crippen LogP contribution in [-0.4, -0.2) is 71.5 Å². The van der Waals surface area contributed by atoms with Gasteiger partial charge in [-0.2, -0.15) is 0 Å². The van der Waals surface area contributed by atoms with E-state index in [0.29, 0.717) is 12.3 Å². The summed E-state index contributed by atoms with van der Waals surface area (Å²) in [6, 6.07) is 5.60. The molecule has 0 radical (unpaired) electrons. The first-order valence-electron chi connectivity index (χ1n) is 7.49. The van der Waals surface area contributed by atoms with Gasteiger partial charge in [-0.25, -0.2) is 10.5 Å². The monoisotopic (exact) mass is 303 g/mol. The minimum absolute atomic E-state index is 0.280. The highest BCUT2D eigenvalue weighted by atomic mass is 16.7. The normalized spacial score (nSPS) is 17.0. The number of aromatic nitrogens is 2. The lowest BCUT2D eigenvalue weighted by molar-refractivity contribution is 0.0173. The molecule has 0 spiro atoms. The number of hydroxylamine groups is 1. The number of hydrogen-bond donors (Lipinski definition) is 1. The second-order valence-electron chi connectivity index (χ2n) is 5.50. The number of carbonyl (C=O) groups is 1. The van der Waals surface area contributed by atoms with E-state index in [9.17, 15) is 4.79 Å². The van der Waals surface area contributed by atoms with Crippen LogP contribution in [0.2, 0.25) is 0 Å². The zero-order chi connectivity index (χ0) is 15.4. The topological polar surface area (TPSA) is 62.1 Å². The summed E-state index contributed by atoms with van der Waals surface area (Å²) in [6.07, 6.45) is 3.36. The third-order valence-corrected chi connectivity index (χ3v) is 3.92. The first kappa shape index (κ1) is 15.0. The first-order chi connectivity index (χ1) is 10.7. The molecule has 1 saturated heterocycles. The Kier molecular flexibility index (Phi) is 4.67. The molecule has 7 nitrogen and oxygen atoms in total. The van der Waals surface area contributed by atoms with E-state index in [-0.39, 0.29) is 5.91 Å². The molecule has 1 aliphatic heterocycles. The zero-order valence-corrected chi connectivity index (χ0v) is 12.7. The Morgan fingerprint density at radius 1 is 1.32 bits per heavy atom. The van der Waals surface area contributed by atoms with Gasteiger partial charge in [0.25, 0.3) is 5.91 Å². The number of piperazine rings is 1. The van der Waals surface area contributed by atoms with E-state index in [0.717, 1.165) is 38.4 Å². The van der Waals surface area contributed by atoms with E-state index in [1.807, 2.05) is 24.4 Å². The van der Waals surface area contributed by atoms with Crippen molar-refractivity contribution >= 4 is 11.6 Å². The quantitative estimate of drug-likeness (QED) is 0.633. The van der Waals surface area contributed by atoms with Gasteiger partial charge in [-0.05, 0) is 19.2 Å². The molecule has 7 heteroatoms. The summed E-state index contributed by atoms with van der Waals surface area (Å²) in [5, 5.41) is 0. The largest absolute Gasteiger partial charge is 0.304 e. The maximum atomic E-state index is 12.1. The molecule has 0 unspecified atom stereocenters. The summed E-state index contributed by atoms with van der Waals surface area (Å²) in [4.78, 5) is 26.2. The summed E-state index contributed by atoms with van der Waals surface area (Å²) >= 11 is 0. The molecule has 3 rings (SSSR count). The fourth-order valence-electron chi connectivity index (χ4n) is 2.52. The lowest BCUT2D eigenvalue weighted by Crippen LogP contribution is -2.45. The van der Waals surface area contributed by atoms with Gasteiger partial charge in [0.2, 0.25) is 0 Å². The van der Waals surface area contributed by atoms with Crippen LogP contribution in [0.25, 0.3) is 5.65 Å². The standard InChI is InChI=1S/C15H21N5O2/c1-18-6-8-19(9-7-18)10-11-22-17-15(21)13-12-16-14-4-2-3-5-20(13)14/h2-5,12H,6-11H2,1H3,(H,17,21). The Labute approximate surface area is 129 Å². The predicted octanol–water partition coefficient (Wildman–Crippen LogP) is 0.243. The molecule has 0 aromatic carbocycles. The van der Waals surface area contributed by atoms with Crippen molar-refractivity contribution < 1.29 is 9.63 Å². The molecule has 1 N–H and O–H groups in total. The molecule has 0 atom stereocenters. The Hall–Kier alpha value is -1.96. The molecule has 118 valence electrons. The fraction of sp³-hybridized carbons (Fsp3) is 0.467. The van der Waals surface area contributed by atoms with Gasteiger partial charge in [-0.3, -0.25) is 18.9 Å². The molecule has 1 amide bonds. The van der Waals surface area contributed by atoms with E-state index in [2.05, 4.69) is 27.3 Å². The molecule has 22 heavy (non-hydrogen) atoms. The summed E-state index contributed by atoms with van der Waals surface area (Å²) in [6.45, 7) is 5.54. The molecular formula is C15H21N5O2. The average Bonchev–Trinajstić information content (AvgIpc) is 2.97. The van der Waals surface area contributed by atoms with Crippen molar-refractivity contribution in [2.45, 2.75) is 0 Å². The van der Waals surface area contributed by atoms with Crippen molar-refractivity contribution in [1.29, 1.82) is 0 Å². The number of amides is 1. The highest BCUT2D eigenvalue weighted by molar-refractivity contribution is 5.92. The lowest BCUT2D eigenvalue weighted by Gasteiger charge is -2.32. The van der Waals surface area contributed by atoms with Gasteiger partial charge in [0, 0.05) is 38.9 Å². The summed E-state index contributed by atoms with van der Waals surface area (Å²) in [5.74, 6) is -0.280. The Bertz CT molecular complexity index is 634. The van der Waals surface area contributed by atoms with E-state index >= 15 is 0 Å². The average molecular weight is 303 g/mol. The highest BCUT2D eigenvalue weighted by Crippen LogP contribution is 2.05. The van der Waals surface area contributed by atoms with E-state index in [1.165, 1.54) is 0 Å². The van der Waals surface area contributed by atoms with Crippen molar-refractivity contribution in [3.63, 3.8) is 0 Å². The summed E-state index contributed by atoms with van der Waals surface area (Å²) in [5.41, 5.74) is 3.70. The van der Waals surface area contributed by atoms with Crippen LogP contribution in [0.15, 0.2) is 30.6 Å². The van der Waals surface area contributed by atoms with Crippen LogP contribution < -0.4 is 5.48 Å². The predicted molar refractivity (Wildman–Crippen MR) is 82.5 cm³/mol. The smallest absolute Gasteiger partial charge is 0.293 e. The summed E-state index contributed by atoms with van der Waals surface area (Å²) < 4.78 is 1.74. The number of imidazole rings is 1. The molecule has 1 fully saturated rings. The van der Waals surface area contributed by atoms with Gasteiger partial charge in [-0.1, -0.05) is 6.07 Å². The maximum Gasteiger partial charge on any atom is 0.293 e. The number of rotatable bonds is 5. The molecule has 1 aliphatic rings. The van der Waals surface area contributed by atoms with Gasteiger partial charge >= 0.3 is 0 Å². The zero-order valence-electron chi connectivity index (χ0n) is 12.7. The van der Waals surface area contributed by atoms with Crippen LogP contribution in [-0.2, 0) is 4.84 Å². The van der Waals surface area contributed by atoms with Crippen LogP contribution in [0, 0.1) is 0 Å². The number of hydrogen-bond acceptors (Lipinski definition) is 5. The first-order valence-corrected chi connectivity index (χ1v) is 7.49. The van der Waals surface area contributed by atoms with Gasteiger partial charge < -0.3 is 4.90 Å². The van der Waals surface area contributed by atoms with Gasteiger partial charge in [0.1, 0.15) is 11.3 Å². The molecule has 0 bridgehead atoms. The van der Waals surface area contributed by atoms with E-state index in [4.69, 9.17) is 4.84 Å². The van der Waals surface area contributed by atoms with Crippen LogP contribution in [0.4, 0.5) is 0 Å². The van der Waals surface area contributed by atoms with Crippen LogP contribution in [0.1, 0.15) is 10.5 Å². The number of pyridine rings is 1. The van der Waals surface area contributed by atoms with Crippen molar-refractivity contribution in [3.05, 3.63) is 36.3 Å². The highest BCUT2D eigenvalue weighted by Gasteiger charge is 2.14. The van der Waals surface area contributed by atoms with Crippen LogP contribution >= 0.6 is 0 Å². The number of nitrogens with one attached hydrogen (secondary N) is 1. The third-order valence-electron chi connectivity index (χ3n) is 3.92. The second kappa shape index (κ2) is 6.87. The molecule has 2 aromatic rings. The van der Waals surface area contributed by atoms with Crippen molar-refractivity contribution in [2.24, 2.45) is 0 Å². The molecular weight excluding hydrogens is 282 g/mol. The van der Waals surface area contributed by atoms with Crippen LogP contribution in [0.3, 0.4) is 0 Å². The van der Waals surface area contributed by atoms with Gasteiger partial charge in [0.15, 0.2) is 0 Å². The lowest BCUT2D eigenvalue weighted by atomic mass is 10.3. The Morgan fingerprint density at radius 3 is 2.95 bits per heavy atom. The van der Waals surface area contributed by atoms with E-state index < -0.39 is 0 Å². The second-order valence-corrected chi connectivity index (χ2v) is 5.50. The minimum Gasteiger partial charge on any atom is -0.304 e. The summed E-state index contributed by atoms with van der Waals surface area (Å²) in [7, 11) is 2.13. The number of fused-ring (bicyclic) bond motifs is 1. The van der Waals surface area contributed by atoms with Crippen molar-refractivity contribution in [1.82, 2.24) is 24.7 Å². The number of likely N-dealkylation sites (N-methyl/N-ethyl adjacent to an activating group) is 1. The van der Waals surface area contributed by atoms with Crippen molar-refractivity contribution in [2.75, 3.05) is 46.4 Å². The van der Waals surface area contributed by atoms with Crippen molar-refractivity contribution in [3.8, 4) is 0 Å². The Morgan fingerprint density at radius 2 is 2.14 bits per heavy atom. The Balaban J connectivity index is 1.45. The molecule has 3 heterocycles. The molecule has 0 saturated carbocycles. The van der Waals surface area contributed by atoms with Gasteiger partial charge in [0.05, 0.1) is 12.8 Å². The third kappa shape index (κ3) is 3.44. The maximum absolute atomic E-state index is 12.1. The van der Waals surface area contributed by atoms with Crippen LogP contribution in [0.5, 0.6) is 0 Å². The molecule has 2 aromatic heterocycles. The minimum atomic E-state index is -0.280. The molecule has 0 aliphatic carbocycles. The van der Waals surface area contributed by atoms with E-state index in [1.54, 1.807) is 10.6 Å². The number of carbonyl (C=O) groups excluding carboxylic acids is 1. The SMILES string of the molecule is CN1CCN(CCONC(=O)c2cnc3ccccn23)CC1.